The van der Waals surface area contributed by atoms with Crippen molar-refractivity contribution in [3.8, 4) is 0 Å². The molecule has 0 unspecified atom stereocenters. The molecule has 0 aliphatic carbocycles. The minimum Gasteiger partial charge on any atom is -0.494 e. The van der Waals surface area contributed by atoms with Crippen molar-refractivity contribution in [3.05, 3.63) is 40.3 Å². The van der Waals surface area contributed by atoms with E-state index in [-0.39, 0.29) is 11.7 Å². The van der Waals surface area contributed by atoms with Gasteiger partial charge in [-0.1, -0.05) is 6.07 Å². The maximum Gasteiger partial charge on any atom is 0.294 e. The molecule has 0 saturated heterocycles. The van der Waals surface area contributed by atoms with Crippen LogP contribution >= 0.6 is 15.9 Å². The molecule has 0 aromatic heterocycles. The smallest absolute Gasteiger partial charge is 0.294 e. The second-order valence-corrected chi connectivity index (χ2v) is 4.49. The highest BCUT2D eigenvalue weighted by atomic mass is 79.9. The van der Waals surface area contributed by atoms with Gasteiger partial charge in [-0.2, -0.15) is 0 Å². The van der Waals surface area contributed by atoms with E-state index in [1.807, 2.05) is 25.1 Å². The first-order chi connectivity index (χ1) is 8.16. The van der Waals surface area contributed by atoms with Crippen LogP contribution < -0.4 is 5.32 Å². The number of nitrogens with one attached hydrogen (secondary N) is 1. The van der Waals surface area contributed by atoms with Gasteiger partial charge in [-0.05, 0) is 40.5 Å². The van der Waals surface area contributed by atoms with Gasteiger partial charge in [-0.3, -0.25) is 4.79 Å². The quantitative estimate of drug-likeness (QED) is 0.913. The standard InChI is InChI=1S/C12H12BrNO3/c1-8-2-3-9(13)10(6-8)14-12(15)11-7-16-4-5-17-11/h2-3,6-7H,4-5H2,1H3,(H,14,15). The Morgan fingerprint density at radius 1 is 1.41 bits per heavy atom. The zero-order valence-electron chi connectivity index (χ0n) is 9.33. The molecule has 0 saturated carbocycles. The van der Waals surface area contributed by atoms with E-state index in [9.17, 15) is 4.79 Å². The molecule has 0 bridgehead atoms. The molecule has 1 aliphatic heterocycles. The maximum atomic E-state index is 11.8. The van der Waals surface area contributed by atoms with E-state index in [0.717, 1.165) is 10.0 Å². The third-order valence-electron chi connectivity index (χ3n) is 2.24. The van der Waals surface area contributed by atoms with E-state index in [1.54, 1.807) is 0 Å². The summed E-state index contributed by atoms with van der Waals surface area (Å²) in [4.78, 5) is 11.8. The Bertz CT molecular complexity index is 471. The Kier molecular flexibility index (Phi) is 3.68. The molecule has 1 aliphatic rings. The lowest BCUT2D eigenvalue weighted by Crippen LogP contribution is -2.21. The molecule has 1 aromatic rings. The summed E-state index contributed by atoms with van der Waals surface area (Å²) < 4.78 is 11.1. The van der Waals surface area contributed by atoms with Crippen LogP contribution in [0.2, 0.25) is 0 Å². The summed E-state index contributed by atoms with van der Waals surface area (Å²) in [5, 5.41) is 2.76. The molecule has 90 valence electrons. The molecule has 0 fully saturated rings. The molecule has 4 nitrogen and oxygen atoms in total. The van der Waals surface area contributed by atoms with Crippen LogP contribution in [-0.2, 0) is 14.3 Å². The normalized spacial score (nSPS) is 14.4. The Morgan fingerprint density at radius 3 is 2.94 bits per heavy atom. The minimum atomic E-state index is -0.309. The molecule has 2 rings (SSSR count). The number of halogens is 1. The van der Waals surface area contributed by atoms with Crippen molar-refractivity contribution in [2.45, 2.75) is 6.92 Å². The van der Waals surface area contributed by atoms with Crippen molar-refractivity contribution in [2.24, 2.45) is 0 Å². The van der Waals surface area contributed by atoms with Crippen LogP contribution in [0.15, 0.2) is 34.7 Å². The highest BCUT2D eigenvalue weighted by molar-refractivity contribution is 9.10. The zero-order chi connectivity index (χ0) is 12.3. The van der Waals surface area contributed by atoms with Crippen LogP contribution in [0.5, 0.6) is 0 Å². The topological polar surface area (TPSA) is 47.6 Å². The fraction of sp³-hybridized carbons (Fsp3) is 0.250. The lowest BCUT2D eigenvalue weighted by molar-refractivity contribution is -0.117. The lowest BCUT2D eigenvalue weighted by Gasteiger charge is -2.15. The molecular weight excluding hydrogens is 286 g/mol. The predicted octanol–water partition coefficient (Wildman–Crippen LogP) is 2.58. The highest BCUT2D eigenvalue weighted by Crippen LogP contribution is 2.24. The van der Waals surface area contributed by atoms with Gasteiger partial charge in [0.05, 0.1) is 5.69 Å². The Labute approximate surface area is 108 Å². The number of rotatable bonds is 2. The van der Waals surface area contributed by atoms with Gasteiger partial charge < -0.3 is 14.8 Å². The van der Waals surface area contributed by atoms with E-state index < -0.39 is 0 Å². The van der Waals surface area contributed by atoms with Gasteiger partial charge in [0.2, 0.25) is 5.76 Å². The zero-order valence-corrected chi connectivity index (χ0v) is 10.9. The van der Waals surface area contributed by atoms with Crippen molar-refractivity contribution in [2.75, 3.05) is 18.5 Å². The van der Waals surface area contributed by atoms with Crippen LogP contribution in [-0.4, -0.2) is 19.1 Å². The van der Waals surface area contributed by atoms with Gasteiger partial charge in [0.1, 0.15) is 19.5 Å². The predicted molar refractivity (Wildman–Crippen MR) is 67.5 cm³/mol. The number of amides is 1. The minimum absolute atomic E-state index is 0.199. The second kappa shape index (κ2) is 5.23. The summed E-state index contributed by atoms with van der Waals surface area (Å²) in [5.41, 5.74) is 1.78. The van der Waals surface area contributed by atoms with Gasteiger partial charge in [0.25, 0.3) is 5.91 Å². The molecule has 5 heteroatoms. The van der Waals surface area contributed by atoms with E-state index in [4.69, 9.17) is 9.47 Å². The van der Waals surface area contributed by atoms with Crippen molar-refractivity contribution in [1.82, 2.24) is 0 Å². The summed E-state index contributed by atoms with van der Waals surface area (Å²) in [5.74, 6) is -0.111. The van der Waals surface area contributed by atoms with Crippen LogP contribution in [0.25, 0.3) is 0 Å². The number of hydrogen-bond donors (Lipinski definition) is 1. The molecule has 1 amide bonds. The third-order valence-corrected chi connectivity index (χ3v) is 2.93. The third kappa shape index (κ3) is 3.00. The van der Waals surface area contributed by atoms with Gasteiger partial charge in [-0.25, -0.2) is 0 Å². The molecule has 1 N–H and O–H groups in total. The molecule has 17 heavy (non-hydrogen) atoms. The summed E-state index contributed by atoms with van der Waals surface area (Å²) in [7, 11) is 0. The van der Waals surface area contributed by atoms with Crippen LogP contribution in [0, 0.1) is 6.92 Å². The summed E-state index contributed by atoms with van der Waals surface area (Å²) in [6.07, 6.45) is 1.34. The van der Waals surface area contributed by atoms with Crippen LogP contribution in [0.1, 0.15) is 5.56 Å². The fourth-order valence-corrected chi connectivity index (χ4v) is 1.75. The lowest BCUT2D eigenvalue weighted by atomic mass is 10.2. The van der Waals surface area contributed by atoms with E-state index in [2.05, 4.69) is 21.2 Å². The first-order valence-electron chi connectivity index (χ1n) is 5.19. The van der Waals surface area contributed by atoms with Gasteiger partial charge in [-0.15, -0.1) is 0 Å². The largest absolute Gasteiger partial charge is 0.494 e. The van der Waals surface area contributed by atoms with Crippen molar-refractivity contribution < 1.29 is 14.3 Å². The van der Waals surface area contributed by atoms with E-state index >= 15 is 0 Å². The summed E-state index contributed by atoms with van der Waals surface area (Å²) in [6, 6.07) is 5.73. The second-order valence-electron chi connectivity index (χ2n) is 3.64. The van der Waals surface area contributed by atoms with Crippen molar-refractivity contribution >= 4 is 27.5 Å². The van der Waals surface area contributed by atoms with Crippen LogP contribution in [0.4, 0.5) is 5.69 Å². The number of benzene rings is 1. The van der Waals surface area contributed by atoms with Gasteiger partial charge >= 0.3 is 0 Å². The van der Waals surface area contributed by atoms with E-state index in [1.165, 1.54) is 6.26 Å². The number of carbonyl (C=O) groups is 1. The Hall–Kier alpha value is -1.49. The number of anilines is 1. The SMILES string of the molecule is Cc1ccc(Br)c(NC(=O)C2=COCCO2)c1. The van der Waals surface area contributed by atoms with Gasteiger partial charge in [0, 0.05) is 4.47 Å². The molecule has 0 radical (unpaired) electrons. The molecule has 0 spiro atoms. The molecule has 1 aromatic carbocycles. The maximum absolute atomic E-state index is 11.8. The monoisotopic (exact) mass is 297 g/mol. The van der Waals surface area contributed by atoms with Crippen LogP contribution in [0.3, 0.4) is 0 Å². The van der Waals surface area contributed by atoms with E-state index in [0.29, 0.717) is 18.9 Å². The van der Waals surface area contributed by atoms with Gasteiger partial charge in [0.15, 0.2) is 0 Å². The summed E-state index contributed by atoms with van der Waals surface area (Å²) in [6.45, 7) is 2.83. The van der Waals surface area contributed by atoms with Crippen molar-refractivity contribution in [3.63, 3.8) is 0 Å². The molecule has 0 atom stereocenters. The Balaban J connectivity index is 2.12. The molecule has 1 heterocycles. The number of ether oxygens (including phenoxy) is 2. The number of aryl methyl sites for hydroxylation is 1. The average molecular weight is 298 g/mol. The first kappa shape index (κ1) is 12.0. The number of hydrogen-bond acceptors (Lipinski definition) is 3. The Morgan fingerprint density at radius 2 is 2.24 bits per heavy atom. The van der Waals surface area contributed by atoms with Crippen molar-refractivity contribution in [1.29, 1.82) is 0 Å². The molecular formula is C12H12BrNO3. The summed E-state index contributed by atoms with van der Waals surface area (Å²) >= 11 is 3.38. The average Bonchev–Trinajstić information content (AvgIpc) is 2.35. The number of carbonyl (C=O) groups excluding carboxylic acids is 1. The highest BCUT2D eigenvalue weighted by Gasteiger charge is 2.16. The first-order valence-corrected chi connectivity index (χ1v) is 5.98. The fourth-order valence-electron chi connectivity index (χ4n) is 1.41.